The first-order chi connectivity index (χ1) is 11.3. The highest BCUT2D eigenvalue weighted by molar-refractivity contribution is 5.90. The maximum Gasteiger partial charge on any atom is 0.321 e. The van der Waals surface area contributed by atoms with E-state index in [0.717, 1.165) is 36.9 Å². The molecule has 0 radical (unpaired) electrons. The summed E-state index contributed by atoms with van der Waals surface area (Å²) in [6.07, 6.45) is 3.69. The van der Waals surface area contributed by atoms with Gasteiger partial charge in [-0.25, -0.2) is 4.79 Å². The highest BCUT2D eigenvalue weighted by atomic mass is 16.6. The summed E-state index contributed by atoms with van der Waals surface area (Å²) in [6, 6.07) is 5.39. The topological polar surface area (TPSA) is 60.0 Å². The van der Waals surface area contributed by atoms with Crippen LogP contribution in [0.3, 0.4) is 0 Å². The molecule has 1 aromatic rings. The smallest absolute Gasteiger partial charge is 0.321 e. The molecule has 2 heterocycles. The molecule has 1 N–H and O–H groups in total. The molecule has 0 aromatic heterocycles. The van der Waals surface area contributed by atoms with E-state index < -0.39 is 0 Å². The molecule has 4 rings (SSSR count). The van der Waals surface area contributed by atoms with E-state index in [4.69, 9.17) is 14.2 Å². The lowest BCUT2D eigenvalue weighted by atomic mass is 10.2. The zero-order valence-corrected chi connectivity index (χ0v) is 13.1. The molecule has 124 valence electrons. The number of urea groups is 1. The second-order valence-corrected chi connectivity index (χ2v) is 6.42. The fourth-order valence-electron chi connectivity index (χ4n) is 2.93. The van der Waals surface area contributed by atoms with Crippen molar-refractivity contribution in [2.75, 3.05) is 38.2 Å². The molecule has 1 atom stereocenters. The number of carbonyl (C=O) groups is 1. The van der Waals surface area contributed by atoms with E-state index in [1.54, 1.807) is 0 Å². The Hall–Kier alpha value is -1.95. The average Bonchev–Trinajstić information content (AvgIpc) is 3.28. The number of rotatable bonds is 4. The molecule has 3 aliphatic rings. The molecule has 1 saturated heterocycles. The maximum atomic E-state index is 12.4. The Morgan fingerprint density at radius 3 is 2.87 bits per heavy atom. The van der Waals surface area contributed by atoms with Crippen molar-refractivity contribution in [2.45, 2.75) is 25.4 Å². The van der Waals surface area contributed by atoms with Gasteiger partial charge in [-0.15, -0.1) is 0 Å². The quantitative estimate of drug-likeness (QED) is 0.926. The van der Waals surface area contributed by atoms with Crippen molar-refractivity contribution < 1.29 is 19.0 Å². The van der Waals surface area contributed by atoms with Crippen molar-refractivity contribution in [3.8, 4) is 11.5 Å². The van der Waals surface area contributed by atoms with Crippen LogP contribution in [0.5, 0.6) is 11.5 Å². The Bertz CT molecular complexity index is 588. The summed E-state index contributed by atoms with van der Waals surface area (Å²) in [5, 5.41) is 2.93. The van der Waals surface area contributed by atoms with Crippen molar-refractivity contribution in [1.29, 1.82) is 0 Å². The van der Waals surface area contributed by atoms with Gasteiger partial charge in [0.15, 0.2) is 11.5 Å². The molecule has 0 unspecified atom stereocenters. The molecule has 2 amide bonds. The first-order valence-corrected chi connectivity index (χ1v) is 8.35. The molecule has 0 bridgehead atoms. The van der Waals surface area contributed by atoms with Gasteiger partial charge in [-0.05, 0) is 37.3 Å². The predicted molar refractivity (Wildman–Crippen MR) is 85.1 cm³/mol. The van der Waals surface area contributed by atoms with E-state index in [1.807, 2.05) is 23.1 Å². The van der Waals surface area contributed by atoms with E-state index in [9.17, 15) is 4.79 Å². The third-order valence-corrected chi connectivity index (χ3v) is 4.49. The Labute approximate surface area is 135 Å². The Morgan fingerprint density at radius 1 is 1.22 bits per heavy atom. The lowest BCUT2D eigenvalue weighted by Gasteiger charge is -2.20. The number of likely N-dealkylation sites (tertiary alicyclic amines) is 1. The van der Waals surface area contributed by atoms with Gasteiger partial charge < -0.3 is 24.4 Å². The average molecular weight is 318 g/mol. The molecule has 1 aromatic carbocycles. The number of ether oxygens (including phenoxy) is 3. The molecule has 6 heteroatoms. The summed E-state index contributed by atoms with van der Waals surface area (Å²) in [5.41, 5.74) is 0.724. The number of nitrogens with one attached hydrogen (secondary N) is 1. The fourth-order valence-corrected chi connectivity index (χ4v) is 2.93. The van der Waals surface area contributed by atoms with Crippen LogP contribution in [-0.4, -0.2) is 49.9 Å². The van der Waals surface area contributed by atoms with Gasteiger partial charge in [-0.3, -0.25) is 0 Å². The van der Waals surface area contributed by atoms with Crippen molar-refractivity contribution >= 4 is 11.7 Å². The molecular formula is C17H22N2O4. The lowest BCUT2D eigenvalue weighted by Crippen LogP contribution is -2.34. The van der Waals surface area contributed by atoms with Crippen molar-refractivity contribution in [2.24, 2.45) is 5.92 Å². The normalized spacial score (nSPS) is 23.0. The van der Waals surface area contributed by atoms with Gasteiger partial charge in [0.05, 0.1) is 6.10 Å². The minimum absolute atomic E-state index is 0.0841. The monoisotopic (exact) mass is 318 g/mol. The molecule has 23 heavy (non-hydrogen) atoms. The van der Waals surface area contributed by atoms with Crippen LogP contribution in [-0.2, 0) is 4.74 Å². The molecule has 6 nitrogen and oxygen atoms in total. The summed E-state index contributed by atoms with van der Waals surface area (Å²) in [5.74, 6) is 2.17. The summed E-state index contributed by atoms with van der Waals surface area (Å²) >= 11 is 0. The fraction of sp³-hybridized carbons (Fsp3) is 0.588. The van der Waals surface area contributed by atoms with E-state index >= 15 is 0 Å². The number of benzene rings is 1. The number of nitrogens with zero attached hydrogens (tertiary/aromatic N) is 1. The second kappa shape index (κ2) is 6.28. The van der Waals surface area contributed by atoms with Gasteiger partial charge in [-0.1, -0.05) is 0 Å². The number of amides is 2. The zero-order chi connectivity index (χ0) is 15.6. The van der Waals surface area contributed by atoms with Gasteiger partial charge in [0.1, 0.15) is 13.2 Å². The van der Waals surface area contributed by atoms with Crippen LogP contribution in [0.15, 0.2) is 18.2 Å². The number of anilines is 1. The van der Waals surface area contributed by atoms with Crippen LogP contribution in [0.25, 0.3) is 0 Å². The standard InChI is InChI=1S/C17H22N2O4/c20-17(19-6-5-14(10-19)23-11-12-1-2-12)18-13-3-4-15-16(9-13)22-8-7-21-15/h3-4,9,12,14H,1-2,5-8,10-11H2,(H,18,20)/t14-/m0/s1. The van der Waals surface area contributed by atoms with Crippen molar-refractivity contribution in [3.05, 3.63) is 18.2 Å². The van der Waals surface area contributed by atoms with E-state index in [1.165, 1.54) is 12.8 Å². The Kier molecular flexibility index (Phi) is 3.99. The summed E-state index contributed by atoms with van der Waals surface area (Å²) in [4.78, 5) is 14.2. The van der Waals surface area contributed by atoms with Gasteiger partial charge in [-0.2, -0.15) is 0 Å². The van der Waals surface area contributed by atoms with Gasteiger partial charge in [0, 0.05) is 31.5 Å². The Balaban J connectivity index is 1.31. The third-order valence-electron chi connectivity index (χ3n) is 4.49. The maximum absolute atomic E-state index is 12.4. The minimum atomic E-state index is -0.0841. The number of hydrogen-bond donors (Lipinski definition) is 1. The van der Waals surface area contributed by atoms with Gasteiger partial charge >= 0.3 is 6.03 Å². The lowest BCUT2D eigenvalue weighted by molar-refractivity contribution is 0.0543. The van der Waals surface area contributed by atoms with Crippen molar-refractivity contribution in [3.63, 3.8) is 0 Å². The Morgan fingerprint density at radius 2 is 2.04 bits per heavy atom. The molecule has 2 fully saturated rings. The SMILES string of the molecule is O=C(Nc1ccc2c(c1)OCCO2)N1CC[C@H](OCC2CC2)C1. The first-order valence-electron chi connectivity index (χ1n) is 8.35. The predicted octanol–water partition coefficient (Wildman–Crippen LogP) is 2.49. The van der Waals surface area contributed by atoms with Gasteiger partial charge in [0.2, 0.25) is 0 Å². The molecule has 0 spiro atoms. The second-order valence-electron chi connectivity index (χ2n) is 6.42. The molecule has 1 saturated carbocycles. The highest BCUT2D eigenvalue weighted by Crippen LogP contribution is 2.33. The van der Waals surface area contributed by atoms with E-state index in [2.05, 4.69) is 5.32 Å². The molecule has 1 aliphatic carbocycles. The van der Waals surface area contributed by atoms with Crippen LogP contribution in [0.2, 0.25) is 0 Å². The summed E-state index contributed by atoms with van der Waals surface area (Å²) in [6.45, 7) is 3.36. The van der Waals surface area contributed by atoms with Crippen molar-refractivity contribution in [1.82, 2.24) is 4.90 Å². The summed E-state index contributed by atoms with van der Waals surface area (Å²) < 4.78 is 16.9. The summed E-state index contributed by atoms with van der Waals surface area (Å²) in [7, 11) is 0. The van der Waals surface area contributed by atoms with Crippen LogP contribution in [0, 0.1) is 5.92 Å². The zero-order valence-electron chi connectivity index (χ0n) is 13.1. The minimum Gasteiger partial charge on any atom is -0.486 e. The van der Waals surface area contributed by atoms with E-state index in [-0.39, 0.29) is 12.1 Å². The number of hydrogen-bond acceptors (Lipinski definition) is 4. The van der Waals surface area contributed by atoms with Gasteiger partial charge in [0.25, 0.3) is 0 Å². The van der Waals surface area contributed by atoms with Crippen LogP contribution in [0.1, 0.15) is 19.3 Å². The molecular weight excluding hydrogens is 296 g/mol. The number of carbonyl (C=O) groups excluding carboxylic acids is 1. The van der Waals surface area contributed by atoms with Crippen LogP contribution in [0.4, 0.5) is 10.5 Å². The largest absolute Gasteiger partial charge is 0.486 e. The van der Waals surface area contributed by atoms with E-state index in [0.29, 0.717) is 25.5 Å². The highest BCUT2D eigenvalue weighted by Gasteiger charge is 2.29. The van der Waals surface area contributed by atoms with Crippen LogP contribution < -0.4 is 14.8 Å². The number of fused-ring (bicyclic) bond motifs is 1. The third kappa shape index (κ3) is 3.52. The molecule has 2 aliphatic heterocycles. The van der Waals surface area contributed by atoms with Crippen LogP contribution >= 0.6 is 0 Å². The first kappa shape index (κ1) is 14.6.